The summed E-state index contributed by atoms with van der Waals surface area (Å²) in [5.74, 6) is 0.709. The standard InChI is InChI=1S/C19H19N3/c1-2-7-16-12-13-20-19(22-16)18-11-6-10-17(21-18)14-15-8-4-3-5-9-15/h3-6,8-13H,2,7,14H2,1H3. The van der Waals surface area contributed by atoms with E-state index >= 15 is 0 Å². The molecular formula is C19H19N3. The molecule has 0 aliphatic rings. The zero-order valence-electron chi connectivity index (χ0n) is 12.7. The van der Waals surface area contributed by atoms with Crippen molar-refractivity contribution in [1.29, 1.82) is 0 Å². The fraction of sp³-hybridized carbons (Fsp3) is 0.211. The van der Waals surface area contributed by atoms with Crippen LogP contribution in [0, 0.1) is 0 Å². The third-order valence-corrected chi connectivity index (χ3v) is 3.48. The van der Waals surface area contributed by atoms with Gasteiger partial charge in [-0.15, -0.1) is 0 Å². The Hall–Kier alpha value is -2.55. The third kappa shape index (κ3) is 3.55. The van der Waals surface area contributed by atoms with Crippen molar-refractivity contribution in [2.45, 2.75) is 26.2 Å². The molecule has 0 unspecified atom stereocenters. The number of hydrogen-bond donors (Lipinski definition) is 0. The highest BCUT2D eigenvalue weighted by Crippen LogP contribution is 2.15. The highest BCUT2D eigenvalue weighted by atomic mass is 14.9. The molecular weight excluding hydrogens is 270 g/mol. The van der Waals surface area contributed by atoms with Gasteiger partial charge >= 0.3 is 0 Å². The van der Waals surface area contributed by atoms with Crippen LogP contribution in [0.4, 0.5) is 0 Å². The molecule has 22 heavy (non-hydrogen) atoms. The van der Waals surface area contributed by atoms with Gasteiger partial charge in [-0.1, -0.05) is 49.7 Å². The Bertz CT molecular complexity index is 738. The summed E-state index contributed by atoms with van der Waals surface area (Å²) in [4.78, 5) is 13.7. The van der Waals surface area contributed by atoms with Crippen molar-refractivity contribution in [2.24, 2.45) is 0 Å². The molecule has 0 fully saturated rings. The molecule has 0 radical (unpaired) electrons. The zero-order chi connectivity index (χ0) is 15.2. The number of rotatable bonds is 5. The number of nitrogens with zero attached hydrogens (tertiary/aromatic N) is 3. The average molecular weight is 289 g/mol. The molecule has 0 bridgehead atoms. The van der Waals surface area contributed by atoms with Crippen molar-refractivity contribution in [3.05, 3.63) is 77.7 Å². The first-order valence-corrected chi connectivity index (χ1v) is 7.67. The molecule has 0 N–H and O–H groups in total. The van der Waals surface area contributed by atoms with Crippen LogP contribution in [0.5, 0.6) is 0 Å². The lowest BCUT2D eigenvalue weighted by Gasteiger charge is -2.05. The van der Waals surface area contributed by atoms with Crippen LogP contribution in [0.25, 0.3) is 11.5 Å². The van der Waals surface area contributed by atoms with E-state index in [1.165, 1.54) is 5.56 Å². The quantitative estimate of drug-likeness (QED) is 0.710. The van der Waals surface area contributed by atoms with Gasteiger partial charge in [-0.2, -0.15) is 0 Å². The summed E-state index contributed by atoms with van der Waals surface area (Å²) >= 11 is 0. The van der Waals surface area contributed by atoms with E-state index in [9.17, 15) is 0 Å². The molecule has 0 amide bonds. The predicted octanol–water partition coefficient (Wildman–Crippen LogP) is 4.08. The Morgan fingerprint density at radius 2 is 1.68 bits per heavy atom. The van der Waals surface area contributed by atoms with Gasteiger partial charge in [0.25, 0.3) is 0 Å². The Labute approximate surface area is 131 Å². The Morgan fingerprint density at radius 3 is 2.50 bits per heavy atom. The van der Waals surface area contributed by atoms with Gasteiger partial charge in [-0.25, -0.2) is 15.0 Å². The largest absolute Gasteiger partial charge is 0.249 e. The molecule has 3 rings (SSSR count). The molecule has 0 atom stereocenters. The maximum Gasteiger partial charge on any atom is 0.178 e. The van der Waals surface area contributed by atoms with Gasteiger partial charge in [0.1, 0.15) is 5.69 Å². The van der Waals surface area contributed by atoms with Crippen molar-refractivity contribution >= 4 is 0 Å². The number of pyridine rings is 1. The number of aromatic nitrogens is 3. The minimum absolute atomic E-state index is 0.709. The van der Waals surface area contributed by atoms with E-state index in [-0.39, 0.29) is 0 Å². The topological polar surface area (TPSA) is 38.7 Å². The van der Waals surface area contributed by atoms with Crippen molar-refractivity contribution in [1.82, 2.24) is 15.0 Å². The highest BCUT2D eigenvalue weighted by Gasteiger charge is 2.06. The minimum Gasteiger partial charge on any atom is -0.249 e. The Kier molecular flexibility index (Phi) is 4.54. The fourth-order valence-corrected chi connectivity index (χ4v) is 2.42. The average Bonchev–Trinajstić information content (AvgIpc) is 2.57. The molecule has 0 aliphatic heterocycles. The lowest BCUT2D eigenvalue weighted by atomic mass is 10.1. The van der Waals surface area contributed by atoms with Gasteiger partial charge < -0.3 is 0 Å². The van der Waals surface area contributed by atoms with Gasteiger partial charge in [0.05, 0.1) is 0 Å². The van der Waals surface area contributed by atoms with Crippen LogP contribution in [-0.2, 0) is 12.8 Å². The summed E-state index contributed by atoms with van der Waals surface area (Å²) < 4.78 is 0. The molecule has 1 aromatic carbocycles. The normalized spacial score (nSPS) is 10.6. The molecule has 3 aromatic rings. The summed E-state index contributed by atoms with van der Waals surface area (Å²) in [5.41, 5.74) is 4.20. The lowest BCUT2D eigenvalue weighted by molar-refractivity contribution is 0.873. The van der Waals surface area contributed by atoms with Crippen LogP contribution in [0.1, 0.15) is 30.3 Å². The van der Waals surface area contributed by atoms with Crippen molar-refractivity contribution in [3.8, 4) is 11.5 Å². The van der Waals surface area contributed by atoms with Crippen LogP contribution < -0.4 is 0 Å². The maximum atomic E-state index is 4.71. The first-order valence-electron chi connectivity index (χ1n) is 7.67. The van der Waals surface area contributed by atoms with Crippen LogP contribution in [0.3, 0.4) is 0 Å². The first-order chi connectivity index (χ1) is 10.8. The second kappa shape index (κ2) is 6.94. The number of hydrogen-bond acceptors (Lipinski definition) is 3. The summed E-state index contributed by atoms with van der Waals surface area (Å²) in [6.07, 6.45) is 4.69. The molecule has 110 valence electrons. The monoisotopic (exact) mass is 289 g/mol. The molecule has 0 saturated carbocycles. The van der Waals surface area contributed by atoms with Crippen LogP contribution in [-0.4, -0.2) is 15.0 Å². The van der Waals surface area contributed by atoms with E-state index < -0.39 is 0 Å². The van der Waals surface area contributed by atoms with Gasteiger partial charge in [0.2, 0.25) is 0 Å². The van der Waals surface area contributed by atoms with Crippen LogP contribution in [0.15, 0.2) is 60.8 Å². The van der Waals surface area contributed by atoms with Gasteiger partial charge in [-0.05, 0) is 30.2 Å². The van der Waals surface area contributed by atoms with Gasteiger partial charge in [-0.3, -0.25) is 0 Å². The SMILES string of the molecule is CCCc1ccnc(-c2cccc(Cc3ccccc3)n2)n1. The molecule has 3 nitrogen and oxygen atoms in total. The highest BCUT2D eigenvalue weighted by molar-refractivity contribution is 5.49. The molecule has 3 heteroatoms. The zero-order valence-corrected chi connectivity index (χ0v) is 12.7. The van der Waals surface area contributed by atoms with E-state index in [2.05, 4.69) is 41.2 Å². The van der Waals surface area contributed by atoms with Crippen molar-refractivity contribution in [3.63, 3.8) is 0 Å². The summed E-state index contributed by atoms with van der Waals surface area (Å²) in [6, 6.07) is 18.4. The fourth-order valence-electron chi connectivity index (χ4n) is 2.42. The first kappa shape index (κ1) is 14.4. The van der Waals surface area contributed by atoms with E-state index in [1.807, 2.05) is 36.5 Å². The molecule has 0 aliphatic carbocycles. The second-order valence-corrected chi connectivity index (χ2v) is 5.30. The summed E-state index contributed by atoms with van der Waals surface area (Å²) in [6.45, 7) is 2.15. The van der Waals surface area contributed by atoms with Gasteiger partial charge in [0.15, 0.2) is 5.82 Å². The summed E-state index contributed by atoms with van der Waals surface area (Å²) in [5, 5.41) is 0. The van der Waals surface area contributed by atoms with E-state index in [0.29, 0.717) is 5.82 Å². The van der Waals surface area contributed by atoms with E-state index in [0.717, 1.165) is 36.3 Å². The summed E-state index contributed by atoms with van der Waals surface area (Å²) in [7, 11) is 0. The smallest absolute Gasteiger partial charge is 0.178 e. The lowest BCUT2D eigenvalue weighted by Crippen LogP contribution is -1.99. The second-order valence-electron chi connectivity index (χ2n) is 5.30. The number of aryl methyl sites for hydroxylation is 1. The molecule has 2 heterocycles. The predicted molar refractivity (Wildman–Crippen MR) is 88.5 cm³/mol. The molecule has 0 spiro atoms. The minimum atomic E-state index is 0.709. The van der Waals surface area contributed by atoms with Crippen molar-refractivity contribution < 1.29 is 0 Å². The maximum absolute atomic E-state index is 4.71. The van der Waals surface area contributed by atoms with Gasteiger partial charge in [0, 0.05) is 24.0 Å². The Morgan fingerprint density at radius 1 is 0.818 bits per heavy atom. The van der Waals surface area contributed by atoms with Crippen molar-refractivity contribution in [2.75, 3.05) is 0 Å². The Balaban J connectivity index is 1.86. The van der Waals surface area contributed by atoms with E-state index in [4.69, 9.17) is 4.98 Å². The molecule has 2 aromatic heterocycles. The van der Waals surface area contributed by atoms with Crippen LogP contribution in [0.2, 0.25) is 0 Å². The van der Waals surface area contributed by atoms with Crippen LogP contribution >= 0.6 is 0 Å². The van der Waals surface area contributed by atoms with E-state index in [1.54, 1.807) is 0 Å². The molecule has 0 saturated heterocycles. The third-order valence-electron chi connectivity index (χ3n) is 3.48. The number of benzene rings is 1.